The molecule has 0 saturated heterocycles. The lowest BCUT2D eigenvalue weighted by Crippen LogP contribution is -2.45. The van der Waals surface area contributed by atoms with Crippen LogP contribution >= 0.6 is 0 Å². The Morgan fingerprint density at radius 1 is 1.40 bits per heavy atom. The fourth-order valence-electron chi connectivity index (χ4n) is 2.62. The Hall–Kier alpha value is -2.49. The molecule has 1 aliphatic rings. The molecule has 0 fully saturated rings. The number of amides is 1. The molecule has 1 aliphatic heterocycles. The lowest BCUT2D eigenvalue weighted by Gasteiger charge is -2.29. The molecule has 2 heterocycles. The number of carbonyl (C=O) groups is 1. The Morgan fingerprint density at radius 3 is 2.68 bits per heavy atom. The van der Waals surface area contributed by atoms with Gasteiger partial charge in [-0.15, -0.1) is 12.3 Å². The molecule has 134 valence electrons. The minimum atomic E-state index is -0.731. The molecule has 0 saturated carbocycles. The summed E-state index contributed by atoms with van der Waals surface area (Å²) in [4.78, 5) is 31.5. The topological polar surface area (TPSA) is 99.6 Å². The van der Waals surface area contributed by atoms with Gasteiger partial charge >= 0.3 is 0 Å². The number of aryl methyl sites for hydroxylation is 1. The van der Waals surface area contributed by atoms with Gasteiger partial charge in [-0.1, -0.05) is 13.8 Å². The molecule has 0 aromatic carbocycles. The summed E-state index contributed by atoms with van der Waals surface area (Å²) in [7, 11) is 0. The van der Waals surface area contributed by atoms with Crippen LogP contribution in [0.25, 0.3) is 0 Å². The van der Waals surface area contributed by atoms with Gasteiger partial charge in [0.1, 0.15) is 5.82 Å². The zero-order valence-electron chi connectivity index (χ0n) is 15.1. The molecule has 1 atom stereocenters. The number of nitrogens with zero attached hydrogens (tertiary/aromatic N) is 3. The van der Waals surface area contributed by atoms with Crippen molar-refractivity contribution < 1.29 is 4.79 Å². The van der Waals surface area contributed by atoms with Crippen LogP contribution in [0, 0.1) is 12.3 Å². The number of aromatic amines is 1. The number of nitrogens with one attached hydrogen (secondary N) is 2. The summed E-state index contributed by atoms with van der Waals surface area (Å²) in [5.74, 6) is 2.94. The van der Waals surface area contributed by atoms with E-state index in [0.717, 1.165) is 0 Å². The molecule has 7 nitrogen and oxygen atoms in total. The summed E-state index contributed by atoms with van der Waals surface area (Å²) in [5, 5.41) is 11.1. The standard InChI is InChI=1S/C18H25N5O2/c1-5-8-10-18(22-23-18)11-9-14(24)21-17(4,7-3)16-19-13(6-2)12-15(25)20-16/h1,12H,6-11H2,2-4H3,(H,21,24)(H,19,20,25). The lowest BCUT2D eigenvalue weighted by atomic mass is 9.96. The number of H-pyrrole nitrogens is 1. The number of rotatable bonds is 9. The predicted molar refractivity (Wildman–Crippen MR) is 94.9 cm³/mol. The maximum atomic E-state index is 12.4. The van der Waals surface area contributed by atoms with Crippen molar-refractivity contribution in [2.24, 2.45) is 10.2 Å². The van der Waals surface area contributed by atoms with Crippen LogP contribution in [0.3, 0.4) is 0 Å². The molecule has 1 unspecified atom stereocenters. The fraction of sp³-hybridized carbons (Fsp3) is 0.611. The molecule has 0 radical (unpaired) electrons. The van der Waals surface area contributed by atoms with Gasteiger partial charge in [-0.3, -0.25) is 9.59 Å². The van der Waals surface area contributed by atoms with Crippen molar-refractivity contribution in [1.29, 1.82) is 0 Å². The van der Waals surface area contributed by atoms with Crippen LogP contribution in [0.2, 0.25) is 0 Å². The molecule has 0 bridgehead atoms. The summed E-state index contributed by atoms with van der Waals surface area (Å²) in [6.07, 6.45) is 8.64. The van der Waals surface area contributed by atoms with E-state index >= 15 is 0 Å². The molecule has 7 heteroatoms. The van der Waals surface area contributed by atoms with Gasteiger partial charge in [0.2, 0.25) is 5.91 Å². The van der Waals surface area contributed by atoms with Crippen LogP contribution in [-0.2, 0) is 16.8 Å². The van der Waals surface area contributed by atoms with E-state index in [0.29, 0.717) is 50.0 Å². The maximum absolute atomic E-state index is 12.4. The first-order chi connectivity index (χ1) is 11.9. The highest BCUT2D eigenvalue weighted by Crippen LogP contribution is 2.37. The molecule has 0 spiro atoms. The third-order valence-corrected chi connectivity index (χ3v) is 4.61. The predicted octanol–water partition coefficient (Wildman–Crippen LogP) is 2.43. The number of hydrogen-bond donors (Lipinski definition) is 2. The zero-order valence-corrected chi connectivity index (χ0v) is 15.1. The highest BCUT2D eigenvalue weighted by atomic mass is 16.2. The molecule has 1 amide bonds. The van der Waals surface area contributed by atoms with Gasteiger partial charge in [0.05, 0.1) is 5.54 Å². The molecule has 1 aromatic rings. The third-order valence-electron chi connectivity index (χ3n) is 4.61. The van der Waals surface area contributed by atoms with Crippen molar-refractivity contribution in [3.63, 3.8) is 0 Å². The molecular weight excluding hydrogens is 318 g/mol. The SMILES string of the molecule is C#CCCC1(CCC(=O)NC(C)(CC)c2nc(CC)cc(=O)[nH]2)N=N1. The number of hydrogen-bond acceptors (Lipinski definition) is 5. The monoisotopic (exact) mass is 343 g/mol. The first-order valence-electron chi connectivity index (χ1n) is 8.65. The minimum Gasteiger partial charge on any atom is -0.344 e. The van der Waals surface area contributed by atoms with Crippen LogP contribution < -0.4 is 10.9 Å². The van der Waals surface area contributed by atoms with Crippen LogP contribution in [0.4, 0.5) is 0 Å². The van der Waals surface area contributed by atoms with Crippen molar-refractivity contribution in [2.45, 2.75) is 70.5 Å². The Morgan fingerprint density at radius 2 is 2.12 bits per heavy atom. The normalized spacial score (nSPS) is 16.7. The van der Waals surface area contributed by atoms with Gasteiger partial charge in [0, 0.05) is 37.4 Å². The van der Waals surface area contributed by atoms with Gasteiger partial charge in [-0.05, 0) is 19.8 Å². The van der Waals surface area contributed by atoms with E-state index in [2.05, 4.69) is 31.4 Å². The van der Waals surface area contributed by atoms with Crippen molar-refractivity contribution >= 4 is 5.91 Å². The second-order valence-corrected chi connectivity index (χ2v) is 6.56. The molecular formula is C18H25N5O2. The number of carbonyl (C=O) groups excluding carboxylic acids is 1. The van der Waals surface area contributed by atoms with Gasteiger partial charge in [0.25, 0.3) is 5.56 Å². The van der Waals surface area contributed by atoms with Gasteiger partial charge < -0.3 is 10.3 Å². The number of aromatic nitrogens is 2. The minimum absolute atomic E-state index is 0.119. The summed E-state index contributed by atoms with van der Waals surface area (Å²) in [6, 6.07) is 1.48. The average molecular weight is 343 g/mol. The molecule has 2 rings (SSSR count). The van der Waals surface area contributed by atoms with Crippen LogP contribution in [0.5, 0.6) is 0 Å². The van der Waals surface area contributed by atoms with E-state index in [1.54, 1.807) is 0 Å². The van der Waals surface area contributed by atoms with Gasteiger partial charge in [-0.25, -0.2) is 4.98 Å². The smallest absolute Gasteiger partial charge is 0.251 e. The van der Waals surface area contributed by atoms with Gasteiger partial charge in [-0.2, -0.15) is 10.2 Å². The summed E-state index contributed by atoms with van der Waals surface area (Å²) in [6.45, 7) is 5.74. The Labute approximate surface area is 147 Å². The molecule has 0 aliphatic carbocycles. The molecule has 25 heavy (non-hydrogen) atoms. The quantitative estimate of drug-likeness (QED) is 0.673. The van der Waals surface area contributed by atoms with Crippen molar-refractivity contribution in [3.05, 3.63) is 27.9 Å². The summed E-state index contributed by atoms with van der Waals surface area (Å²) < 4.78 is 0. The van der Waals surface area contributed by atoms with Crippen molar-refractivity contribution in [2.75, 3.05) is 0 Å². The zero-order chi connectivity index (χ0) is 18.5. The van der Waals surface area contributed by atoms with E-state index < -0.39 is 11.2 Å². The average Bonchev–Trinajstić information content (AvgIpc) is 3.38. The van der Waals surface area contributed by atoms with Crippen molar-refractivity contribution in [3.8, 4) is 12.3 Å². The van der Waals surface area contributed by atoms with Gasteiger partial charge in [0.15, 0.2) is 5.66 Å². The van der Waals surface area contributed by atoms with Crippen LogP contribution in [-0.4, -0.2) is 21.5 Å². The second kappa shape index (κ2) is 7.60. The van der Waals surface area contributed by atoms with Crippen LogP contribution in [0.15, 0.2) is 21.1 Å². The lowest BCUT2D eigenvalue weighted by molar-refractivity contribution is -0.123. The van der Waals surface area contributed by atoms with E-state index in [-0.39, 0.29) is 11.5 Å². The largest absolute Gasteiger partial charge is 0.344 e. The Kier molecular flexibility index (Phi) is 5.73. The third kappa shape index (κ3) is 4.75. The Balaban J connectivity index is 2.03. The maximum Gasteiger partial charge on any atom is 0.251 e. The van der Waals surface area contributed by atoms with Crippen LogP contribution in [0.1, 0.15) is 64.4 Å². The van der Waals surface area contributed by atoms with E-state index in [1.165, 1.54) is 6.07 Å². The first kappa shape index (κ1) is 18.8. The van der Waals surface area contributed by atoms with E-state index in [4.69, 9.17) is 6.42 Å². The highest BCUT2D eigenvalue weighted by Gasteiger charge is 2.40. The summed E-state index contributed by atoms with van der Waals surface area (Å²) in [5.41, 5.74) is -0.706. The second-order valence-electron chi connectivity index (χ2n) is 6.56. The number of terminal acetylenes is 1. The van der Waals surface area contributed by atoms with Crippen molar-refractivity contribution in [1.82, 2.24) is 15.3 Å². The molecule has 1 aromatic heterocycles. The first-order valence-corrected chi connectivity index (χ1v) is 8.65. The van der Waals surface area contributed by atoms with E-state index in [9.17, 15) is 9.59 Å². The van der Waals surface area contributed by atoms with E-state index in [1.807, 2.05) is 20.8 Å². The Bertz CT molecular complexity index is 755. The fourth-order valence-corrected chi connectivity index (χ4v) is 2.62. The molecule has 2 N–H and O–H groups in total. The summed E-state index contributed by atoms with van der Waals surface area (Å²) >= 11 is 0. The highest BCUT2D eigenvalue weighted by molar-refractivity contribution is 5.77.